The molecule has 3 aromatic rings. The lowest BCUT2D eigenvalue weighted by Gasteiger charge is -2.15. The van der Waals surface area contributed by atoms with E-state index >= 15 is 0 Å². The minimum atomic E-state index is -0.725. The van der Waals surface area contributed by atoms with Crippen LogP contribution in [-0.2, 0) is 14.3 Å². The van der Waals surface area contributed by atoms with E-state index in [1.807, 2.05) is 30.3 Å². The van der Waals surface area contributed by atoms with E-state index in [0.29, 0.717) is 5.56 Å². The number of methoxy groups -OCH3 is 1. The highest BCUT2D eigenvalue weighted by Gasteiger charge is 2.36. The number of rotatable bonds is 3. The molecule has 0 N–H and O–H groups in total. The highest BCUT2D eigenvalue weighted by atomic mass is 32.2. The molecule has 1 saturated heterocycles. The molecule has 0 aliphatic carbocycles. The average molecular weight is 434 g/mol. The molecule has 8 heteroatoms. The molecule has 1 aliphatic rings. The summed E-state index contributed by atoms with van der Waals surface area (Å²) in [6.07, 6.45) is 1.02. The molecule has 0 atom stereocenters. The Kier molecular flexibility index (Phi) is 5.64. The Morgan fingerprint density at radius 3 is 2.58 bits per heavy atom. The molecule has 154 valence electrons. The number of thioether (sulfide) groups is 1. The van der Waals surface area contributed by atoms with Gasteiger partial charge in [0.15, 0.2) is 5.17 Å². The molecule has 1 heterocycles. The number of carbonyl (C=O) groups is 3. The Morgan fingerprint density at radius 2 is 1.81 bits per heavy atom. The van der Waals surface area contributed by atoms with Gasteiger partial charge in [0, 0.05) is 11.6 Å². The lowest BCUT2D eigenvalue weighted by atomic mass is 10.0. The van der Waals surface area contributed by atoms with Gasteiger partial charge in [-0.1, -0.05) is 42.5 Å². The standard InChI is InChI=1S/C23H15FN2O4S/c1-30-20(27)13-19-22(29)26(16-9-5-8-15(24)12-16)23(31-19)25-21(28)18-11-4-7-14-6-2-3-10-17(14)18/h2-13H,1H3/b19-13-,25-23?. The number of anilines is 1. The molecule has 0 radical (unpaired) electrons. The van der Waals surface area contributed by atoms with Crippen molar-refractivity contribution in [2.24, 2.45) is 4.99 Å². The highest BCUT2D eigenvalue weighted by Crippen LogP contribution is 2.35. The number of hydrogen-bond donors (Lipinski definition) is 0. The van der Waals surface area contributed by atoms with Crippen LogP contribution in [0.2, 0.25) is 0 Å². The third-order valence-corrected chi connectivity index (χ3v) is 5.51. The monoisotopic (exact) mass is 434 g/mol. The fourth-order valence-electron chi connectivity index (χ4n) is 3.12. The van der Waals surface area contributed by atoms with E-state index in [1.165, 1.54) is 25.3 Å². The minimum absolute atomic E-state index is 0.0144. The van der Waals surface area contributed by atoms with Crippen molar-refractivity contribution in [1.29, 1.82) is 0 Å². The predicted molar refractivity (Wildman–Crippen MR) is 117 cm³/mol. The number of halogens is 1. The van der Waals surface area contributed by atoms with Gasteiger partial charge in [-0.15, -0.1) is 0 Å². The summed E-state index contributed by atoms with van der Waals surface area (Å²) < 4.78 is 18.4. The third-order valence-electron chi connectivity index (χ3n) is 4.54. The lowest BCUT2D eigenvalue weighted by molar-refractivity contribution is -0.135. The van der Waals surface area contributed by atoms with Crippen LogP contribution in [0.3, 0.4) is 0 Å². The van der Waals surface area contributed by atoms with Crippen LogP contribution in [0, 0.1) is 5.82 Å². The first-order chi connectivity index (χ1) is 15.0. The molecule has 0 saturated carbocycles. The normalized spacial score (nSPS) is 16.3. The zero-order valence-corrected chi connectivity index (χ0v) is 17.1. The first-order valence-electron chi connectivity index (χ1n) is 9.16. The van der Waals surface area contributed by atoms with Crippen molar-refractivity contribution in [2.75, 3.05) is 12.0 Å². The van der Waals surface area contributed by atoms with Crippen LogP contribution in [0.1, 0.15) is 10.4 Å². The lowest BCUT2D eigenvalue weighted by Crippen LogP contribution is -2.29. The second kappa shape index (κ2) is 8.53. The smallest absolute Gasteiger partial charge is 0.331 e. The first-order valence-corrected chi connectivity index (χ1v) is 9.98. The second-order valence-corrected chi connectivity index (χ2v) is 7.49. The summed E-state index contributed by atoms with van der Waals surface area (Å²) in [5.41, 5.74) is 0.554. The molecule has 0 aromatic heterocycles. The van der Waals surface area contributed by atoms with Gasteiger partial charge in [-0.3, -0.25) is 14.5 Å². The van der Waals surface area contributed by atoms with Gasteiger partial charge in [0.25, 0.3) is 11.8 Å². The van der Waals surface area contributed by atoms with Gasteiger partial charge in [0.1, 0.15) is 5.82 Å². The molecule has 31 heavy (non-hydrogen) atoms. The van der Waals surface area contributed by atoms with Gasteiger partial charge in [0.2, 0.25) is 0 Å². The zero-order valence-electron chi connectivity index (χ0n) is 16.2. The van der Waals surface area contributed by atoms with Gasteiger partial charge < -0.3 is 4.74 Å². The number of carbonyl (C=O) groups excluding carboxylic acids is 3. The summed E-state index contributed by atoms with van der Waals surface area (Å²) in [5, 5.41) is 1.61. The molecular weight excluding hydrogens is 419 g/mol. The van der Waals surface area contributed by atoms with Crippen LogP contribution >= 0.6 is 11.8 Å². The Labute approximate surface area is 181 Å². The number of nitrogens with zero attached hydrogens (tertiary/aromatic N) is 2. The molecule has 3 aromatic carbocycles. The van der Waals surface area contributed by atoms with Crippen LogP contribution in [0.5, 0.6) is 0 Å². The number of benzene rings is 3. The van der Waals surface area contributed by atoms with Crippen molar-refractivity contribution in [3.8, 4) is 0 Å². The molecule has 4 rings (SSSR count). The Bertz CT molecular complexity index is 1280. The number of amides is 2. The van der Waals surface area contributed by atoms with Gasteiger partial charge >= 0.3 is 5.97 Å². The topological polar surface area (TPSA) is 76.0 Å². The molecule has 6 nitrogen and oxygen atoms in total. The van der Waals surface area contributed by atoms with Gasteiger partial charge in [-0.25, -0.2) is 9.18 Å². The predicted octanol–water partition coefficient (Wildman–Crippen LogP) is 4.31. The molecular formula is C23H15FN2O4S. The number of esters is 1. The van der Waals surface area contributed by atoms with E-state index in [2.05, 4.69) is 9.73 Å². The molecule has 0 bridgehead atoms. The Balaban J connectivity index is 1.80. The van der Waals surface area contributed by atoms with Crippen LogP contribution in [-0.4, -0.2) is 30.1 Å². The van der Waals surface area contributed by atoms with Crippen molar-refractivity contribution in [3.05, 3.63) is 89.1 Å². The SMILES string of the molecule is COC(=O)/C=C1\SC(=NC(=O)c2cccc3ccccc23)N(c2cccc(F)c2)C1=O. The maximum absolute atomic E-state index is 13.8. The molecule has 0 unspecified atom stereocenters. The largest absolute Gasteiger partial charge is 0.466 e. The highest BCUT2D eigenvalue weighted by molar-refractivity contribution is 8.19. The number of ether oxygens (including phenoxy) is 1. The zero-order chi connectivity index (χ0) is 22.0. The summed E-state index contributed by atoms with van der Waals surface area (Å²) in [4.78, 5) is 42.9. The summed E-state index contributed by atoms with van der Waals surface area (Å²) in [5.74, 6) is -2.45. The third kappa shape index (κ3) is 4.10. The molecule has 1 aliphatic heterocycles. The van der Waals surface area contributed by atoms with Crippen molar-refractivity contribution < 1.29 is 23.5 Å². The van der Waals surface area contributed by atoms with Crippen LogP contribution in [0.25, 0.3) is 10.8 Å². The molecule has 1 fully saturated rings. The van der Waals surface area contributed by atoms with E-state index in [4.69, 9.17) is 0 Å². The average Bonchev–Trinajstić information content (AvgIpc) is 3.07. The van der Waals surface area contributed by atoms with E-state index in [1.54, 1.807) is 12.1 Å². The number of hydrogen-bond acceptors (Lipinski definition) is 5. The summed E-state index contributed by atoms with van der Waals surface area (Å²) in [7, 11) is 1.19. The van der Waals surface area contributed by atoms with Gasteiger partial charge in [-0.2, -0.15) is 4.99 Å². The number of aliphatic imine (C=N–C) groups is 1. The quantitative estimate of drug-likeness (QED) is 0.454. The van der Waals surface area contributed by atoms with Crippen molar-refractivity contribution in [2.45, 2.75) is 0 Å². The van der Waals surface area contributed by atoms with E-state index in [0.717, 1.165) is 39.6 Å². The number of amidine groups is 1. The maximum atomic E-state index is 13.8. The summed E-state index contributed by atoms with van der Waals surface area (Å²) >= 11 is 0.843. The van der Waals surface area contributed by atoms with Crippen LogP contribution in [0.4, 0.5) is 10.1 Å². The second-order valence-electron chi connectivity index (χ2n) is 6.48. The fourth-order valence-corrected chi connectivity index (χ4v) is 4.06. The van der Waals surface area contributed by atoms with Crippen molar-refractivity contribution in [3.63, 3.8) is 0 Å². The van der Waals surface area contributed by atoms with Gasteiger partial charge in [0.05, 0.1) is 17.7 Å². The molecule has 2 amide bonds. The van der Waals surface area contributed by atoms with E-state index in [-0.39, 0.29) is 15.8 Å². The van der Waals surface area contributed by atoms with Gasteiger partial charge in [-0.05, 0) is 46.8 Å². The first kappa shape index (κ1) is 20.5. The minimum Gasteiger partial charge on any atom is -0.466 e. The summed E-state index contributed by atoms with van der Waals surface area (Å²) in [6, 6.07) is 18.0. The van der Waals surface area contributed by atoms with Crippen LogP contribution in [0.15, 0.2) is 82.7 Å². The maximum Gasteiger partial charge on any atom is 0.331 e. The van der Waals surface area contributed by atoms with E-state index in [9.17, 15) is 18.8 Å². The number of fused-ring (bicyclic) bond motifs is 1. The Morgan fingerprint density at radius 1 is 1.06 bits per heavy atom. The fraction of sp³-hybridized carbons (Fsp3) is 0.0435. The Hall–Kier alpha value is -3.78. The van der Waals surface area contributed by atoms with Crippen LogP contribution < -0.4 is 4.90 Å². The summed E-state index contributed by atoms with van der Waals surface area (Å²) in [6.45, 7) is 0. The van der Waals surface area contributed by atoms with Crippen molar-refractivity contribution in [1.82, 2.24) is 0 Å². The van der Waals surface area contributed by atoms with E-state index < -0.39 is 23.6 Å². The molecule has 0 spiro atoms. The van der Waals surface area contributed by atoms with Crippen molar-refractivity contribution >= 4 is 51.2 Å².